The molecule has 0 spiro atoms. The molecule has 9 heteroatoms. The molecule has 9 nitrogen and oxygen atoms in total. The van der Waals surface area contributed by atoms with Gasteiger partial charge in [0.1, 0.15) is 12.4 Å². The fourth-order valence-corrected chi connectivity index (χ4v) is 3.29. The van der Waals surface area contributed by atoms with Gasteiger partial charge in [0.05, 0.1) is 20.3 Å². The Morgan fingerprint density at radius 3 is 2.73 bits per heavy atom. The molecular formula is C21H32N6O3. The first-order chi connectivity index (χ1) is 14.6. The van der Waals surface area contributed by atoms with Gasteiger partial charge in [0.2, 0.25) is 0 Å². The molecule has 0 amide bonds. The minimum atomic E-state index is 0.236. The average molecular weight is 417 g/mol. The molecule has 3 rings (SSSR count). The molecular weight excluding hydrogens is 384 g/mol. The van der Waals surface area contributed by atoms with Crippen LogP contribution in [0.2, 0.25) is 0 Å². The number of aryl methyl sites for hydroxylation is 1. The Balaban J connectivity index is 1.59. The Labute approximate surface area is 177 Å². The third kappa shape index (κ3) is 5.85. The summed E-state index contributed by atoms with van der Waals surface area (Å²) in [6.45, 7) is 4.68. The first kappa shape index (κ1) is 21.9. The maximum Gasteiger partial charge on any atom is 0.191 e. The molecule has 2 heterocycles. The van der Waals surface area contributed by atoms with E-state index in [1.165, 1.54) is 0 Å². The molecule has 0 aliphatic carbocycles. The molecule has 1 atom stereocenters. The van der Waals surface area contributed by atoms with Crippen LogP contribution in [0, 0.1) is 6.92 Å². The van der Waals surface area contributed by atoms with E-state index in [2.05, 4.69) is 20.8 Å². The second-order valence-electron chi connectivity index (χ2n) is 7.27. The molecule has 1 saturated heterocycles. The topological polar surface area (TPSA) is 94.8 Å². The number of aromatic nitrogens is 3. The monoisotopic (exact) mass is 416 g/mol. The summed E-state index contributed by atoms with van der Waals surface area (Å²) >= 11 is 0. The summed E-state index contributed by atoms with van der Waals surface area (Å²) in [7, 11) is 5.23. The first-order valence-corrected chi connectivity index (χ1v) is 10.3. The van der Waals surface area contributed by atoms with Crippen LogP contribution < -0.4 is 20.1 Å². The van der Waals surface area contributed by atoms with Gasteiger partial charge in [0.25, 0.3) is 0 Å². The van der Waals surface area contributed by atoms with Crippen LogP contribution in [0.25, 0.3) is 0 Å². The van der Waals surface area contributed by atoms with Gasteiger partial charge in [0, 0.05) is 26.7 Å². The molecule has 2 aromatic rings. The van der Waals surface area contributed by atoms with Crippen LogP contribution >= 0.6 is 0 Å². The van der Waals surface area contributed by atoms with Crippen molar-refractivity contribution in [2.75, 3.05) is 33.9 Å². The molecule has 30 heavy (non-hydrogen) atoms. The van der Waals surface area contributed by atoms with Gasteiger partial charge in [-0.1, -0.05) is 6.07 Å². The minimum absolute atomic E-state index is 0.236. The average Bonchev–Trinajstić information content (AvgIpc) is 3.40. The predicted octanol–water partition coefficient (Wildman–Crippen LogP) is 1.60. The van der Waals surface area contributed by atoms with Crippen LogP contribution in [0.4, 0.5) is 0 Å². The summed E-state index contributed by atoms with van der Waals surface area (Å²) in [5.41, 5.74) is 1.16. The summed E-state index contributed by atoms with van der Waals surface area (Å²) in [4.78, 5) is 4.69. The Bertz CT molecular complexity index is 845. The van der Waals surface area contributed by atoms with Gasteiger partial charge in [0.15, 0.2) is 23.3 Å². The van der Waals surface area contributed by atoms with Crippen LogP contribution in [0.15, 0.2) is 23.2 Å². The zero-order valence-corrected chi connectivity index (χ0v) is 18.3. The number of hydrogen-bond donors (Lipinski definition) is 2. The summed E-state index contributed by atoms with van der Waals surface area (Å²) in [6, 6.07) is 5.97. The van der Waals surface area contributed by atoms with Crippen LogP contribution in [-0.4, -0.2) is 60.7 Å². The largest absolute Gasteiger partial charge is 0.493 e. The molecule has 1 unspecified atom stereocenters. The van der Waals surface area contributed by atoms with E-state index < -0.39 is 0 Å². The fourth-order valence-electron chi connectivity index (χ4n) is 3.29. The van der Waals surface area contributed by atoms with Crippen molar-refractivity contribution >= 4 is 5.96 Å². The Morgan fingerprint density at radius 1 is 1.23 bits per heavy atom. The van der Waals surface area contributed by atoms with Crippen molar-refractivity contribution in [2.24, 2.45) is 12.0 Å². The summed E-state index contributed by atoms with van der Waals surface area (Å²) in [6.07, 6.45) is 3.25. The fraction of sp³-hybridized carbons (Fsp3) is 0.571. The van der Waals surface area contributed by atoms with Crippen LogP contribution in [0.1, 0.15) is 30.1 Å². The number of ether oxygens (including phenoxy) is 3. The lowest BCUT2D eigenvalue weighted by Gasteiger charge is -2.16. The number of benzene rings is 1. The molecule has 1 aliphatic heterocycles. The van der Waals surface area contributed by atoms with E-state index in [1.54, 1.807) is 14.2 Å². The normalized spacial score (nSPS) is 16.5. The molecule has 0 bridgehead atoms. The van der Waals surface area contributed by atoms with Crippen molar-refractivity contribution in [3.8, 4) is 11.5 Å². The third-order valence-electron chi connectivity index (χ3n) is 5.24. The van der Waals surface area contributed by atoms with Crippen LogP contribution in [-0.2, 0) is 24.8 Å². The first-order valence-electron chi connectivity index (χ1n) is 10.3. The highest BCUT2D eigenvalue weighted by Gasteiger charge is 2.16. The molecule has 2 N–H and O–H groups in total. The van der Waals surface area contributed by atoms with Crippen molar-refractivity contribution in [1.29, 1.82) is 0 Å². The summed E-state index contributed by atoms with van der Waals surface area (Å²) in [5, 5.41) is 15.1. The van der Waals surface area contributed by atoms with E-state index in [4.69, 9.17) is 19.2 Å². The van der Waals surface area contributed by atoms with E-state index in [0.717, 1.165) is 73.6 Å². The SMILES string of the molecule is COc1ccc(CCNC(=NCc2nnc(C)n2C)NCC2CCCO2)cc1OC. The number of nitrogens with zero attached hydrogens (tertiary/aromatic N) is 4. The highest BCUT2D eigenvalue weighted by Crippen LogP contribution is 2.27. The predicted molar refractivity (Wildman–Crippen MR) is 115 cm³/mol. The standard InChI is InChI=1S/C21H32N6O3/c1-15-25-26-20(27(15)2)14-24-21(23-13-17-6-5-11-30-17)22-10-9-16-7-8-18(28-3)19(12-16)29-4/h7-8,12,17H,5-6,9-11,13-14H2,1-4H3,(H2,22,23,24). The molecule has 1 aromatic carbocycles. The molecule has 1 aromatic heterocycles. The van der Waals surface area contributed by atoms with E-state index in [9.17, 15) is 0 Å². The van der Waals surface area contributed by atoms with Gasteiger partial charge in [-0.2, -0.15) is 0 Å². The van der Waals surface area contributed by atoms with E-state index in [1.807, 2.05) is 36.7 Å². The molecule has 1 aliphatic rings. The van der Waals surface area contributed by atoms with Crippen molar-refractivity contribution in [3.05, 3.63) is 35.4 Å². The van der Waals surface area contributed by atoms with Gasteiger partial charge < -0.3 is 29.4 Å². The van der Waals surface area contributed by atoms with Crippen molar-refractivity contribution in [2.45, 2.75) is 38.8 Å². The van der Waals surface area contributed by atoms with E-state index in [-0.39, 0.29) is 6.10 Å². The third-order valence-corrected chi connectivity index (χ3v) is 5.24. The number of methoxy groups -OCH3 is 2. The maximum atomic E-state index is 5.71. The van der Waals surface area contributed by atoms with E-state index in [0.29, 0.717) is 6.54 Å². The summed E-state index contributed by atoms with van der Waals surface area (Å²) in [5.74, 6) is 3.90. The van der Waals surface area contributed by atoms with Gasteiger partial charge in [-0.15, -0.1) is 10.2 Å². The summed E-state index contributed by atoms with van der Waals surface area (Å²) < 4.78 is 18.4. The highest BCUT2D eigenvalue weighted by molar-refractivity contribution is 5.79. The van der Waals surface area contributed by atoms with Gasteiger partial charge in [-0.3, -0.25) is 0 Å². The quantitative estimate of drug-likeness (QED) is 0.474. The van der Waals surface area contributed by atoms with Crippen molar-refractivity contribution < 1.29 is 14.2 Å². The zero-order chi connectivity index (χ0) is 21.3. The van der Waals surface area contributed by atoms with Crippen LogP contribution in [0.3, 0.4) is 0 Å². The molecule has 1 fully saturated rings. The maximum absolute atomic E-state index is 5.71. The number of guanidine groups is 1. The Morgan fingerprint density at radius 2 is 2.07 bits per heavy atom. The van der Waals surface area contributed by atoms with Gasteiger partial charge >= 0.3 is 0 Å². The smallest absolute Gasteiger partial charge is 0.191 e. The Kier molecular flexibility index (Phi) is 7.89. The number of nitrogens with one attached hydrogen (secondary N) is 2. The highest BCUT2D eigenvalue weighted by atomic mass is 16.5. The number of aliphatic imine (C=N–C) groups is 1. The van der Waals surface area contributed by atoms with Crippen LogP contribution in [0.5, 0.6) is 11.5 Å². The minimum Gasteiger partial charge on any atom is -0.493 e. The lowest BCUT2D eigenvalue weighted by atomic mass is 10.1. The van der Waals surface area contributed by atoms with Crippen molar-refractivity contribution in [3.63, 3.8) is 0 Å². The van der Waals surface area contributed by atoms with Gasteiger partial charge in [-0.05, 0) is 43.9 Å². The lowest BCUT2D eigenvalue weighted by Crippen LogP contribution is -2.42. The number of rotatable bonds is 9. The molecule has 164 valence electrons. The van der Waals surface area contributed by atoms with Crippen molar-refractivity contribution in [1.82, 2.24) is 25.4 Å². The lowest BCUT2D eigenvalue weighted by molar-refractivity contribution is 0.114. The van der Waals surface area contributed by atoms with E-state index >= 15 is 0 Å². The zero-order valence-electron chi connectivity index (χ0n) is 18.3. The van der Waals surface area contributed by atoms with Gasteiger partial charge in [-0.25, -0.2) is 4.99 Å². The second kappa shape index (κ2) is 10.8. The molecule has 0 radical (unpaired) electrons. The number of hydrogen-bond acceptors (Lipinski definition) is 6. The second-order valence-corrected chi connectivity index (χ2v) is 7.27. The Hall–Kier alpha value is -2.81. The molecule has 0 saturated carbocycles.